The van der Waals surface area contributed by atoms with Gasteiger partial charge in [0.25, 0.3) is 0 Å². The molecule has 23 heavy (non-hydrogen) atoms. The molecule has 2 amide bonds. The Bertz CT molecular complexity index is 577. The van der Waals surface area contributed by atoms with Crippen LogP contribution in [0.25, 0.3) is 0 Å². The minimum atomic E-state index is -0.424. The van der Waals surface area contributed by atoms with Crippen LogP contribution in [-0.2, 0) is 14.3 Å². The van der Waals surface area contributed by atoms with E-state index < -0.39 is 5.97 Å². The van der Waals surface area contributed by atoms with E-state index in [1.165, 1.54) is 14.0 Å². The number of hydrogen-bond acceptors (Lipinski definition) is 4. The van der Waals surface area contributed by atoms with E-state index in [2.05, 4.69) is 10.1 Å². The normalized spacial score (nSPS) is 14.3. The Morgan fingerprint density at radius 1 is 1.17 bits per heavy atom. The number of hydrogen-bond donors (Lipinski definition) is 1. The number of ether oxygens (including phenoxy) is 1. The zero-order valence-electron chi connectivity index (χ0n) is 13.5. The average molecular weight is 318 g/mol. The molecular weight excluding hydrogens is 296 g/mol. The molecule has 1 aromatic rings. The molecule has 6 nitrogen and oxygen atoms in total. The summed E-state index contributed by atoms with van der Waals surface area (Å²) in [5.74, 6) is -0.738. The number of carbonyl (C=O) groups excluding carboxylic acids is 3. The fourth-order valence-corrected chi connectivity index (χ4v) is 2.88. The van der Waals surface area contributed by atoms with E-state index in [0.29, 0.717) is 11.3 Å². The summed E-state index contributed by atoms with van der Waals surface area (Å²) in [7, 11) is 1.32. The average Bonchev–Trinajstić information content (AvgIpc) is 3.06. The first-order chi connectivity index (χ1) is 11.0. The number of anilines is 1. The van der Waals surface area contributed by atoms with Crippen LogP contribution >= 0.6 is 0 Å². The number of esters is 1. The summed E-state index contributed by atoms with van der Waals surface area (Å²) >= 11 is 0. The van der Waals surface area contributed by atoms with Gasteiger partial charge in [-0.05, 0) is 37.1 Å². The second-order valence-electron chi connectivity index (χ2n) is 5.70. The van der Waals surface area contributed by atoms with Crippen molar-refractivity contribution in [1.29, 1.82) is 0 Å². The predicted molar refractivity (Wildman–Crippen MR) is 86.1 cm³/mol. The highest BCUT2D eigenvalue weighted by molar-refractivity contribution is 5.95. The number of nitrogens with zero attached hydrogens (tertiary/aromatic N) is 1. The van der Waals surface area contributed by atoms with Crippen LogP contribution in [0.5, 0.6) is 0 Å². The molecule has 0 unspecified atom stereocenters. The van der Waals surface area contributed by atoms with E-state index >= 15 is 0 Å². The first-order valence-corrected chi connectivity index (χ1v) is 7.76. The minimum absolute atomic E-state index is 0.0543. The first kappa shape index (κ1) is 17.0. The third-order valence-corrected chi connectivity index (χ3v) is 4.07. The first-order valence-electron chi connectivity index (χ1n) is 7.76. The van der Waals surface area contributed by atoms with Gasteiger partial charge in [0, 0.05) is 18.7 Å². The molecule has 0 heterocycles. The summed E-state index contributed by atoms with van der Waals surface area (Å²) in [6, 6.07) is 6.61. The SMILES string of the molecule is COC(=O)c1ccc(NC(=O)CN(C(C)=O)C2CCCC2)cc1. The highest BCUT2D eigenvalue weighted by Crippen LogP contribution is 2.23. The van der Waals surface area contributed by atoms with E-state index in [9.17, 15) is 14.4 Å². The number of methoxy groups -OCH3 is 1. The standard InChI is InChI=1S/C17H22N2O4/c1-12(20)19(15-5-3-4-6-15)11-16(21)18-14-9-7-13(8-10-14)17(22)23-2/h7-10,15H,3-6,11H2,1-2H3,(H,18,21). The molecule has 0 aromatic heterocycles. The van der Waals surface area contributed by atoms with Crippen molar-refractivity contribution in [2.45, 2.75) is 38.6 Å². The summed E-state index contributed by atoms with van der Waals surface area (Å²) in [5.41, 5.74) is 0.999. The molecule has 6 heteroatoms. The lowest BCUT2D eigenvalue weighted by molar-refractivity contribution is -0.135. The Labute approximate surface area is 135 Å². The molecule has 1 aliphatic carbocycles. The van der Waals surface area contributed by atoms with Crippen LogP contribution in [0, 0.1) is 0 Å². The van der Waals surface area contributed by atoms with Crippen molar-refractivity contribution in [2.24, 2.45) is 0 Å². The van der Waals surface area contributed by atoms with Gasteiger partial charge in [-0.15, -0.1) is 0 Å². The van der Waals surface area contributed by atoms with E-state index in [1.807, 2.05) is 0 Å². The van der Waals surface area contributed by atoms with Gasteiger partial charge < -0.3 is 15.0 Å². The van der Waals surface area contributed by atoms with Crippen LogP contribution < -0.4 is 5.32 Å². The molecule has 1 aromatic carbocycles. The number of nitrogens with one attached hydrogen (secondary N) is 1. The Balaban J connectivity index is 1.95. The Kier molecular flexibility index (Phi) is 5.73. The van der Waals surface area contributed by atoms with Crippen LogP contribution in [0.2, 0.25) is 0 Å². The molecule has 1 saturated carbocycles. The molecule has 0 atom stereocenters. The van der Waals surface area contributed by atoms with E-state index in [4.69, 9.17) is 0 Å². The summed E-state index contributed by atoms with van der Waals surface area (Å²) in [5, 5.41) is 2.75. The highest BCUT2D eigenvalue weighted by atomic mass is 16.5. The molecular formula is C17H22N2O4. The van der Waals surface area contributed by atoms with Crippen LogP contribution in [0.4, 0.5) is 5.69 Å². The van der Waals surface area contributed by atoms with Crippen molar-refractivity contribution in [2.75, 3.05) is 19.0 Å². The van der Waals surface area contributed by atoms with Gasteiger partial charge in [0.15, 0.2) is 0 Å². The van der Waals surface area contributed by atoms with Gasteiger partial charge in [0.1, 0.15) is 6.54 Å². The molecule has 0 saturated heterocycles. The maximum absolute atomic E-state index is 12.2. The number of carbonyl (C=O) groups is 3. The molecule has 2 rings (SSSR count). The predicted octanol–water partition coefficient (Wildman–Crippen LogP) is 2.20. The van der Waals surface area contributed by atoms with Gasteiger partial charge in [-0.3, -0.25) is 9.59 Å². The molecule has 124 valence electrons. The minimum Gasteiger partial charge on any atom is -0.465 e. The highest BCUT2D eigenvalue weighted by Gasteiger charge is 2.26. The summed E-state index contributed by atoms with van der Waals surface area (Å²) in [6.07, 6.45) is 4.12. The van der Waals surface area contributed by atoms with Crippen molar-refractivity contribution < 1.29 is 19.1 Å². The van der Waals surface area contributed by atoms with Gasteiger partial charge in [0.05, 0.1) is 12.7 Å². The lowest BCUT2D eigenvalue weighted by atomic mass is 10.2. The number of amides is 2. The third kappa shape index (κ3) is 4.55. The summed E-state index contributed by atoms with van der Waals surface area (Å²) in [6.45, 7) is 1.55. The van der Waals surface area contributed by atoms with Gasteiger partial charge in [-0.2, -0.15) is 0 Å². The number of rotatable bonds is 5. The van der Waals surface area contributed by atoms with Crippen LogP contribution in [0.15, 0.2) is 24.3 Å². The van der Waals surface area contributed by atoms with Crippen molar-refractivity contribution >= 4 is 23.5 Å². The number of benzene rings is 1. The van der Waals surface area contributed by atoms with Gasteiger partial charge in [0.2, 0.25) is 11.8 Å². The van der Waals surface area contributed by atoms with Crippen LogP contribution in [0.3, 0.4) is 0 Å². The van der Waals surface area contributed by atoms with E-state index in [0.717, 1.165) is 25.7 Å². The maximum Gasteiger partial charge on any atom is 0.337 e. The quantitative estimate of drug-likeness (QED) is 0.845. The lowest BCUT2D eigenvalue weighted by Crippen LogP contribution is -2.42. The molecule has 1 fully saturated rings. The molecule has 0 spiro atoms. The summed E-state index contributed by atoms with van der Waals surface area (Å²) in [4.78, 5) is 36.9. The van der Waals surface area contributed by atoms with E-state index in [1.54, 1.807) is 29.2 Å². The van der Waals surface area contributed by atoms with Crippen molar-refractivity contribution in [3.63, 3.8) is 0 Å². The third-order valence-electron chi connectivity index (χ3n) is 4.07. The monoisotopic (exact) mass is 318 g/mol. The van der Waals surface area contributed by atoms with Crippen molar-refractivity contribution in [3.05, 3.63) is 29.8 Å². The second kappa shape index (κ2) is 7.76. The Morgan fingerprint density at radius 2 is 1.78 bits per heavy atom. The molecule has 0 bridgehead atoms. The topological polar surface area (TPSA) is 75.7 Å². The van der Waals surface area contributed by atoms with Crippen LogP contribution in [0.1, 0.15) is 43.0 Å². The maximum atomic E-state index is 12.2. The van der Waals surface area contributed by atoms with E-state index in [-0.39, 0.29) is 24.4 Å². The largest absolute Gasteiger partial charge is 0.465 e. The lowest BCUT2D eigenvalue weighted by Gasteiger charge is -2.27. The molecule has 0 aliphatic heterocycles. The zero-order chi connectivity index (χ0) is 16.8. The van der Waals surface area contributed by atoms with Gasteiger partial charge >= 0.3 is 5.97 Å². The smallest absolute Gasteiger partial charge is 0.337 e. The van der Waals surface area contributed by atoms with Crippen molar-refractivity contribution in [1.82, 2.24) is 4.90 Å². The molecule has 0 radical (unpaired) electrons. The fraction of sp³-hybridized carbons (Fsp3) is 0.471. The summed E-state index contributed by atoms with van der Waals surface area (Å²) < 4.78 is 4.62. The second-order valence-corrected chi connectivity index (χ2v) is 5.70. The van der Waals surface area contributed by atoms with Crippen LogP contribution in [-0.4, -0.2) is 42.4 Å². The molecule has 1 aliphatic rings. The van der Waals surface area contributed by atoms with Crippen molar-refractivity contribution in [3.8, 4) is 0 Å². The molecule has 1 N–H and O–H groups in total. The van der Waals surface area contributed by atoms with Gasteiger partial charge in [-0.25, -0.2) is 4.79 Å². The Morgan fingerprint density at radius 3 is 2.30 bits per heavy atom. The Hall–Kier alpha value is -2.37. The zero-order valence-corrected chi connectivity index (χ0v) is 13.5. The van der Waals surface area contributed by atoms with Gasteiger partial charge in [-0.1, -0.05) is 12.8 Å². The fourth-order valence-electron chi connectivity index (χ4n) is 2.88.